The van der Waals surface area contributed by atoms with Crippen LogP contribution in [0.3, 0.4) is 0 Å². The van der Waals surface area contributed by atoms with E-state index in [1.54, 1.807) is 0 Å². The van der Waals surface area contributed by atoms with Crippen molar-refractivity contribution >= 4 is 21.6 Å². The molecule has 1 aromatic rings. The molecule has 0 radical (unpaired) electrons. The Kier molecular flexibility index (Phi) is 4.62. The highest BCUT2D eigenvalue weighted by molar-refractivity contribution is 9.10. The Labute approximate surface area is 117 Å². The van der Waals surface area contributed by atoms with Gasteiger partial charge in [-0.25, -0.2) is 0 Å². The molecule has 4 heteroatoms. The first-order valence-corrected chi connectivity index (χ1v) is 7.11. The Morgan fingerprint density at radius 1 is 1.44 bits per heavy atom. The van der Waals surface area contributed by atoms with Crippen LogP contribution in [0.4, 0.5) is 5.69 Å². The normalized spacial score (nSPS) is 16.3. The lowest BCUT2D eigenvalue weighted by molar-refractivity contribution is 0.378. The van der Waals surface area contributed by atoms with Crippen LogP contribution < -0.4 is 10.2 Å². The molecule has 0 bridgehead atoms. The third kappa shape index (κ3) is 3.24. The molecule has 1 saturated heterocycles. The van der Waals surface area contributed by atoms with Gasteiger partial charge in [-0.1, -0.05) is 15.9 Å². The number of nitriles is 1. The quantitative estimate of drug-likeness (QED) is 0.933. The zero-order valence-corrected chi connectivity index (χ0v) is 12.2. The monoisotopic (exact) mass is 307 g/mol. The second-order valence-electron chi connectivity index (χ2n) is 4.85. The van der Waals surface area contributed by atoms with Crippen LogP contribution in [0.5, 0.6) is 0 Å². The van der Waals surface area contributed by atoms with Gasteiger partial charge in [0.15, 0.2) is 0 Å². The van der Waals surface area contributed by atoms with E-state index in [-0.39, 0.29) is 0 Å². The number of hydrogen-bond donors (Lipinski definition) is 1. The summed E-state index contributed by atoms with van der Waals surface area (Å²) in [6.45, 7) is 3.25. The molecule has 0 saturated carbocycles. The highest BCUT2D eigenvalue weighted by atomic mass is 79.9. The first-order chi connectivity index (χ1) is 8.70. The molecule has 18 heavy (non-hydrogen) atoms. The molecule has 1 fully saturated rings. The van der Waals surface area contributed by atoms with Gasteiger partial charge >= 0.3 is 0 Å². The van der Waals surface area contributed by atoms with Crippen molar-refractivity contribution in [3.8, 4) is 6.07 Å². The lowest BCUT2D eigenvalue weighted by Crippen LogP contribution is -2.34. The zero-order chi connectivity index (χ0) is 13.0. The molecule has 96 valence electrons. The lowest BCUT2D eigenvalue weighted by atomic mass is 9.97. The molecule has 0 amide bonds. The second-order valence-corrected chi connectivity index (χ2v) is 5.76. The van der Waals surface area contributed by atoms with Crippen LogP contribution in [-0.2, 0) is 0 Å². The average molecular weight is 308 g/mol. The molecule has 0 unspecified atom stereocenters. The molecular formula is C14H18BrN3. The van der Waals surface area contributed by atoms with E-state index >= 15 is 0 Å². The number of halogens is 1. The van der Waals surface area contributed by atoms with Gasteiger partial charge in [0, 0.05) is 18.1 Å². The second kappa shape index (κ2) is 6.21. The fourth-order valence-corrected chi connectivity index (χ4v) is 2.81. The Balaban J connectivity index is 2.10. The number of anilines is 1. The maximum absolute atomic E-state index is 9.16. The topological polar surface area (TPSA) is 39.1 Å². The van der Waals surface area contributed by atoms with E-state index in [1.165, 1.54) is 12.8 Å². The van der Waals surface area contributed by atoms with Gasteiger partial charge in [0.25, 0.3) is 0 Å². The largest absolute Gasteiger partial charge is 0.373 e. The van der Waals surface area contributed by atoms with Crippen LogP contribution >= 0.6 is 15.9 Å². The van der Waals surface area contributed by atoms with Crippen molar-refractivity contribution in [1.29, 1.82) is 5.26 Å². The Hall–Kier alpha value is -1.05. The highest BCUT2D eigenvalue weighted by Crippen LogP contribution is 2.25. The highest BCUT2D eigenvalue weighted by Gasteiger charge is 2.16. The SMILES string of the molecule is CN(CC1CCNCC1)c1cc(Br)ccc1C#N. The molecule has 0 spiro atoms. The number of nitrogens with one attached hydrogen (secondary N) is 1. The van der Waals surface area contributed by atoms with Gasteiger partial charge in [0.2, 0.25) is 0 Å². The van der Waals surface area contributed by atoms with Gasteiger partial charge in [-0.15, -0.1) is 0 Å². The third-order valence-electron chi connectivity index (χ3n) is 3.48. The van der Waals surface area contributed by atoms with Crippen molar-refractivity contribution in [1.82, 2.24) is 5.32 Å². The molecule has 1 heterocycles. The van der Waals surface area contributed by atoms with Crippen LogP contribution in [0, 0.1) is 17.2 Å². The summed E-state index contributed by atoms with van der Waals surface area (Å²) in [6.07, 6.45) is 2.44. The number of rotatable bonds is 3. The fraction of sp³-hybridized carbons (Fsp3) is 0.500. The lowest BCUT2D eigenvalue weighted by Gasteiger charge is -2.29. The summed E-state index contributed by atoms with van der Waals surface area (Å²) in [4.78, 5) is 2.21. The van der Waals surface area contributed by atoms with Crippen molar-refractivity contribution in [2.24, 2.45) is 5.92 Å². The minimum Gasteiger partial charge on any atom is -0.373 e. The maximum atomic E-state index is 9.16. The molecule has 1 aromatic carbocycles. The summed E-state index contributed by atoms with van der Waals surface area (Å²) in [5.74, 6) is 0.724. The van der Waals surface area contributed by atoms with Crippen LogP contribution in [0.2, 0.25) is 0 Å². The predicted octanol–water partition coefficient (Wildman–Crippen LogP) is 2.76. The molecule has 1 aliphatic rings. The zero-order valence-electron chi connectivity index (χ0n) is 10.6. The molecular weight excluding hydrogens is 290 g/mol. The third-order valence-corrected chi connectivity index (χ3v) is 3.98. The van der Waals surface area contributed by atoms with E-state index in [4.69, 9.17) is 5.26 Å². The van der Waals surface area contributed by atoms with E-state index in [0.717, 1.165) is 41.3 Å². The van der Waals surface area contributed by atoms with Crippen LogP contribution in [0.1, 0.15) is 18.4 Å². The molecule has 0 aliphatic carbocycles. The number of nitrogens with zero attached hydrogens (tertiary/aromatic N) is 2. The van der Waals surface area contributed by atoms with Gasteiger partial charge in [0.1, 0.15) is 6.07 Å². The molecule has 0 aromatic heterocycles. The van der Waals surface area contributed by atoms with Gasteiger partial charge in [-0.2, -0.15) is 5.26 Å². The van der Waals surface area contributed by atoms with Crippen molar-refractivity contribution in [2.75, 3.05) is 31.6 Å². The van der Waals surface area contributed by atoms with Crippen LogP contribution in [0.15, 0.2) is 22.7 Å². The number of piperidine rings is 1. The summed E-state index contributed by atoms with van der Waals surface area (Å²) in [5, 5.41) is 12.5. The van der Waals surface area contributed by atoms with E-state index in [9.17, 15) is 0 Å². The van der Waals surface area contributed by atoms with E-state index in [2.05, 4.69) is 39.3 Å². The van der Waals surface area contributed by atoms with E-state index in [0.29, 0.717) is 0 Å². The Morgan fingerprint density at radius 3 is 2.83 bits per heavy atom. The van der Waals surface area contributed by atoms with Gasteiger partial charge < -0.3 is 10.2 Å². The smallest absolute Gasteiger partial charge is 0.101 e. The predicted molar refractivity (Wildman–Crippen MR) is 77.7 cm³/mol. The van der Waals surface area contributed by atoms with Gasteiger partial charge in [0.05, 0.1) is 11.3 Å². The first-order valence-electron chi connectivity index (χ1n) is 6.32. The van der Waals surface area contributed by atoms with Gasteiger partial charge in [-0.3, -0.25) is 0 Å². The average Bonchev–Trinajstić information content (AvgIpc) is 2.40. The van der Waals surface area contributed by atoms with Crippen LogP contribution in [-0.4, -0.2) is 26.7 Å². The number of hydrogen-bond acceptors (Lipinski definition) is 3. The Morgan fingerprint density at radius 2 is 2.17 bits per heavy atom. The first kappa shape index (κ1) is 13.4. The van der Waals surface area contributed by atoms with Crippen molar-refractivity contribution in [3.63, 3.8) is 0 Å². The molecule has 3 nitrogen and oxygen atoms in total. The maximum Gasteiger partial charge on any atom is 0.101 e. The Bertz CT molecular complexity index is 447. The standard InChI is InChI=1S/C14H18BrN3/c1-18(10-11-4-6-17-7-5-11)14-8-13(15)3-2-12(14)9-16/h2-3,8,11,17H,4-7,10H2,1H3. The number of benzene rings is 1. The minimum atomic E-state index is 0.724. The van der Waals surface area contributed by atoms with Crippen molar-refractivity contribution in [2.45, 2.75) is 12.8 Å². The minimum absolute atomic E-state index is 0.724. The molecule has 1 N–H and O–H groups in total. The molecule has 2 rings (SSSR count). The summed E-state index contributed by atoms with van der Waals surface area (Å²) in [7, 11) is 2.07. The fourth-order valence-electron chi connectivity index (χ4n) is 2.47. The summed E-state index contributed by atoms with van der Waals surface area (Å²) in [6, 6.07) is 8.08. The van der Waals surface area contributed by atoms with Crippen LogP contribution in [0.25, 0.3) is 0 Å². The van der Waals surface area contributed by atoms with E-state index in [1.807, 2.05) is 18.2 Å². The van der Waals surface area contributed by atoms with E-state index < -0.39 is 0 Å². The summed E-state index contributed by atoms with van der Waals surface area (Å²) >= 11 is 3.47. The summed E-state index contributed by atoms with van der Waals surface area (Å²) in [5.41, 5.74) is 1.76. The molecule has 1 aliphatic heterocycles. The van der Waals surface area contributed by atoms with Gasteiger partial charge in [-0.05, 0) is 50.0 Å². The van der Waals surface area contributed by atoms with Crippen molar-refractivity contribution < 1.29 is 0 Å². The van der Waals surface area contributed by atoms with Crippen molar-refractivity contribution in [3.05, 3.63) is 28.2 Å². The summed E-state index contributed by atoms with van der Waals surface area (Å²) < 4.78 is 1.02. The molecule has 0 atom stereocenters.